The summed E-state index contributed by atoms with van der Waals surface area (Å²) in [5.74, 6) is 0.286. The zero-order valence-corrected chi connectivity index (χ0v) is 22.7. The van der Waals surface area contributed by atoms with Gasteiger partial charge in [0.15, 0.2) is 0 Å². The Morgan fingerprint density at radius 1 is 1.03 bits per heavy atom. The second-order valence-electron chi connectivity index (χ2n) is 10.1. The molecule has 0 unspecified atom stereocenters. The van der Waals surface area contributed by atoms with Gasteiger partial charge >= 0.3 is 6.03 Å². The third kappa shape index (κ3) is 7.10. The second kappa shape index (κ2) is 11.6. The number of nitrogens with zero attached hydrogens (tertiary/aromatic N) is 3. The van der Waals surface area contributed by atoms with Crippen LogP contribution in [-0.2, 0) is 10.2 Å². The summed E-state index contributed by atoms with van der Waals surface area (Å²) in [7, 11) is 0. The minimum Gasteiger partial charge on any atom is -0.315 e. The van der Waals surface area contributed by atoms with Crippen molar-refractivity contribution in [2.75, 3.05) is 23.7 Å². The van der Waals surface area contributed by atoms with Crippen LogP contribution in [0.2, 0.25) is 5.02 Å². The molecule has 2 aromatic carbocycles. The number of carbonyl (C=O) groups excluding carboxylic acids is 2. The molecule has 36 heavy (non-hydrogen) atoms. The molecule has 0 saturated carbocycles. The number of amides is 3. The smallest absolute Gasteiger partial charge is 0.315 e. The molecule has 0 saturated heterocycles. The lowest BCUT2D eigenvalue weighted by atomic mass is 9.92. The van der Waals surface area contributed by atoms with Gasteiger partial charge in [-0.25, -0.2) is 9.48 Å². The van der Waals surface area contributed by atoms with Crippen LogP contribution in [0.1, 0.15) is 57.4 Å². The summed E-state index contributed by atoms with van der Waals surface area (Å²) < 4.78 is 1.78. The average molecular weight is 510 g/mol. The Morgan fingerprint density at radius 2 is 1.72 bits per heavy atom. The Bertz CT molecular complexity index is 1210. The van der Waals surface area contributed by atoms with Gasteiger partial charge in [0, 0.05) is 28.7 Å². The van der Waals surface area contributed by atoms with Crippen LogP contribution in [0.5, 0.6) is 0 Å². The first kappa shape index (κ1) is 27.3. The molecule has 2 N–H and O–H groups in total. The molecular weight excluding hydrogens is 474 g/mol. The maximum absolute atomic E-state index is 13.2. The van der Waals surface area contributed by atoms with Gasteiger partial charge in [-0.2, -0.15) is 5.10 Å². The number of nitrogens with one attached hydrogen (secondary N) is 2. The number of hydrogen-bond acceptors (Lipinski definition) is 3. The number of unbranched alkanes of at least 4 members (excludes halogenated alkanes) is 1. The Morgan fingerprint density at radius 3 is 2.33 bits per heavy atom. The van der Waals surface area contributed by atoms with E-state index in [1.807, 2.05) is 39.0 Å². The standard InChI is InChI=1S/C28H36ClN5O2/c1-7-8-15-33(27(36)30-22-12-10-21(29)11-13-22)18-26(35)31-25-17-24(28(4,5)6)32-34(25)23-14-9-19(2)16-20(23)3/h9-14,16-17H,7-8,15,18H2,1-6H3,(H,30,36)(H,31,35). The molecule has 3 amide bonds. The molecule has 0 atom stereocenters. The van der Waals surface area contributed by atoms with E-state index in [0.29, 0.717) is 23.1 Å². The van der Waals surface area contributed by atoms with Crippen LogP contribution in [-0.4, -0.2) is 39.7 Å². The highest BCUT2D eigenvalue weighted by molar-refractivity contribution is 6.30. The molecule has 7 nitrogen and oxygen atoms in total. The minimum atomic E-state index is -0.334. The lowest BCUT2D eigenvalue weighted by Gasteiger charge is -2.22. The number of urea groups is 1. The predicted octanol–water partition coefficient (Wildman–Crippen LogP) is 6.71. The molecule has 0 aliphatic heterocycles. The largest absolute Gasteiger partial charge is 0.322 e. The summed E-state index contributed by atoms with van der Waals surface area (Å²) in [6.07, 6.45) is 1.69. The van der Waals surface area contributed by atoms with Crippen molar-refractivity contribution in [2.45, 2.75) is 59.8 Å². The summed E-state index contributed by atoms with van der Waals surface area (Å²) in [5, 5.41) is 11.3. The van der Waals surface area contributed by atoms with E-state index in [1.165, 1.54) is 4.90 Å². The molecule has 1 heterocycles. The van der Waals surface area contributed by atoms with E-state index >= 15 is 0 Å². The molecule has 0 aliphatic carbocycles. The fraction of sp³-hybridized carbons (Fsp3) is 0.393. The van der Waals surface area contributed by atoms with Gasteiger partial charge in [0.25, 0.3) is 0 Å². The lowest BCUT2D eigenvalue weighted by molar-refractivity contribution is -0.116. The average Bonchev–Trinajstić information content (AvgIpc) is 3.22. The van der Waals surface area contributed by atoms with Crippen LogP contribution >= 0.6 is 11.6 Å². The molecule has 0 fully saturated rings. The zero-order chi connectivity index (χ0) is 26.5. The number of hydrogen-bond donors (Lipinski definition) is 2. The highest BCUT2D eigenvalue weighted by atomic mass is 35.5. The van der Waals surface area contributed by atoms with Crippen LogP contribution in [0, 0.1) is 13.8 Å². The summed E-state index contributed by atoms with van der Waals surface area (Å²) >= 11 is 5.95. The lowest BCUT2D eigenvalue weighted by Crippen LogP contribution is -2.41. The fourth-order valence-electron chi connectivity index (χ4n) is 3.76. The normalized spacial score (nSPS) is 11.3. The molecule has 8 heteroatoms. The first-order valence-corrected chi connectivity index (χ1v) is 12.6. The molecule has 192 valence electrons. The molecule has 0 spiro atoms. The van der Waals surface area contributed by atoms with Crippen molar-refractivity contribution in [1.82, 2.24) is 14.7 Å². The Balaban J connectivity index is 1.83. The maximum atomic E-state index is 13.2. The Labute approximate surface area is 218 Å². The van der Waals surface area contributed by atoms with Crippen LogP contribution in [0.15, 0.2) is 48.5 Å². The third-order valence-corrected chi connectivity index (χ3v) is 6.08. The number of rotatable bonds is 8. The number of benzene rings is 2. The molecule has 0 radical (unpaired) electrons. The van der Waals surface area contributed by atoms with Gasteiger partial charge in [0.1, 0.15) is 12.4 Å². The van der Waals surface area contributed by atoms with Crippen molar-refractivity contribution in [3.05, 3.63) is 70.4 Å². The molecule has 0 bridgehead atoms. The highest BCUT2D eigenvalue weighted by Crippen LogP contribution is 2.28. The number of halogens is 1. The van der Waals surface area contributed by atoms with E-state index in [9.17, 15) is 9.59 Å². The fourth-order valence-corrected chi connectivity index (χ4v) is 3.88. The van der Waals surface area contributed by atoms with E-state index in [2.05, 4.69) is 37.5 Å². The van der Waals surface area contributed by atoms with E-state index < -0.39 is 0 Å². The molecular formula is C28H36ClN5O2. The van der Waals surface area contributed by atoms with Crippen molar-refractivity contribution in [3.8, 4) is 5.69 Å². The molecule has 3 aromatic rings. The van der Waals surface area contributed by atoms with Crippen LogP contribution < -0.4 is 10.6 Å². The van der Waals surface area contributed by atoms with Crippen molar-refractivity contribution in [3.63, 3.8) is 0 Å². The SMILES string of the molecule is CCCCN(CC(=O)Nc1cc(C(C)(C)C)nn1-c1ccc(C)cc1C)C(=O)Nc1ccc(Cl)cc1. The molecule has 3 rings (SSSR count). The number of aromatic nitrogens is 2. The summed E-state index contributed by atoms with van der Waals surface area (Å²) in [6.45, 7) is 12.8. The van der Waals surface area contributed by atoms with Gasteiger partial charge < -0.3 is 15.5 Å². The number of anilines is 2. The molecule has 1 aromatic heterocycles. The summed E-state index contributed by atoms with van der Waals surface area (Å²) in [6, 6.07) is 14.6. The van der Waals surface area contributed by atoms with E-state index in [4.69, 9.17) is 16.7 Å². The first-order chi connectivity index (χ1) is 17.0. The minimum absolute atomic E-state index is 0.0810. The van der Waals surface area contributed by atoms with E-state index in [-0.39, 0.29) is 23.9 Å². The van der Waals surface area contributed by atoms with Crippen molar-refractivity contribution in [1.29, 1.82) is 0 Å². The van der Waals surface area contributed by atoms with Crippen LogP contribution in [0.4, 0.5) is 16.3 Å². The second-order valence-corrected chi connectivity index (χ2v) is 10.6. The van der Waals surface area contributed by atoms with Crippen LogP contribution in [0.25, 0.3) is 5.69 Å². The quantitative estimate of drug-likeness (QED) is 0.354. The van der Waals surface area contributed by atoms with Gasteiger partial charge in [-0.05, 0) is 56.2 Å². The van der Waals surface area contributed by atoms with Gasteiger partial charge in [-0.3, -0.25) is 4.79 Å². The Kier molecular flexibility index (Phi) is 8.79. The highest BCUT2D eigenvalue weighted by Gasteiger charge is 2.23. The van der Waals surface area contributed by atoms with Crippen LogP contribution in [0.3, 0.4) is 0 Å². The number of aryl methyl sites for hydroxylation is 2. The Hall–Kier alpha value is -3.32. The predicted molar refractivity (Wildman–Crippen MR) is 147 cm³/mol. The third-order valence-electron chi connectivity index (χ3n) is 5.82. The topological polar surface area (TPSA) is 79.3 Å². The van der Waals surface area contributed by atoms with E-state index in [1.54, 1.807) is 28.9 Å². The summed E-state index contributed by atoms with van der Waals surface area (Å²) in [5.41, 5.74) is 4.39. The molecule has 0 aliphatic rings. The van der Waals surface area contributed by atoms with Crippen molar-refractivity contribution < 1.29 is 9.59 Å². The maximum Gasteiger partial charge on any atom is 0.322 e. The van der Waals surface area contributed by atoms with Gasteiger partial charge in [-0.15, -0.1) is 0 Å². The number of carbonyl (C=O) groups is 2. The summed E-state index contributed by atoms with van der Waals surface area (Å²) in [4.78, 5) is 27.7. The zero-order valence-electron chi connectivity index (χ0n) is 22.0. The van der Waals surface area contributed by atoms with Gasteiger partial charge in [-0.1, -0.05) is 63.4 Å². The van der Waals surface area contributed by atoms with Gasteiger partial charge in [0.2, 0.25) is 5.91 Å². The van der Waals surface area contributed by atoms with Crippen molar-refractivity contribution in [2.24, 2.45) is 0 Å². The van der Waals surface area contributed by atoms with Gasteiger partial charge in [0.05, 0.1) is 11.4 Å². The van der Waals surface area contributed by atoms with Crippen molar-refractivity contribution >= 4 is 35.0 Å². The monoisotopic (exact) mass is 509 g/mol. The van der Waals surface area contributed by atoms with E-state index in [0.717, 1.165) is 35.3 Å². The first-order valence-electron chi connectivity index (χ1n) is 12.3.